The second-order valence-corrected chi connectivity index (χ2v) is 6.66. The quantitative estimate of drug-likeness (QED) is 0.605. The van der Waals surface area contributed by atoms with Crippen LogP contribution in [0.5, 0.6) is 11.5 Å². The number of hydrogen-bond acceptors (Lipinski definition) is 6. The molecule has 0 fully saturated rings. The van der Waals surface area contributed by atoms with Crippen molar-refractivity contribution in [3.8, 4) is 22.8 Å². The normalized spacial score (nSPS) is 10.4. The van der Waals surface area contributed by atoms with Crippen LogP contribution in [0.15, 0.2) is 59.6 Å². The number of thioether (sulfide) groups is 1. The van der Waals surface area contributed by atoms with Crippen molar-refractivity contribution in [2.24, 2.45) is 0 Å². The number of nitrogens with one attached hydrogen (secondary N) is 1. The van der Waals surface area contributed by atoms with E-state index in [0.29, 0.717) is 27.9 Å². The van der Waals surface area contributed by atoms with Crippen LogP contribution in [0.4, 0.5) is 10.1 Å². The molecular formula is C20H18FN3O3S. The van der Waals surface area contributed by atoms with Gasteiger partial charge in [0.25, 0.3) is 0 Å². The van der Waals surface area contributed by atoms with Crippen LogP contribution in [-0.2, 0) is 4.79 Å². The summed E-state index contributed by atoms with van der Waals surface area (Å²) in [5, 5.41) is 11.7. The molecule has 3 aromatic rings. The number of methoxy groups -OCH3 is 2. The lowest BCUT2D eigenvalue weighted by molar-refractivity contribution is -0.113. The summed E-state index contributed by atoms with van der Waals surface area (Å²) in [5.74, 6) is 0.948. The maximum atomic E-state index is 12.9. The second kappa shape index (κ2) is 9.18. The van der Waals surface area contributed by atoms with E-state index >= 15 is 0 Å². The third-order valence-electron chi connectivity index (χ3n) is 3.80. The number of aromatic nitrogens is 2. The fourth-order valence-electron chi connectivity index (χ4n) is 2.42. The number of carbonyl (C=O) groups excluding carboxylic acids is 1. The van der Waals surface area contributed by atoms with Gasteiger partial charge in [0.05, 0.1) is 25.7 Å². The van der Waals surface area contributed by atoms with Crippen molar-refractivity contribution in [3.05, 3.63) is 60.4 Å². The van der Waals surface area contributed by atoms with Gasteiger partial charge in [0.2, 0.25) is 5.91 Å². The van der Waals surface area contributed by atoms with Gasteiger partial charge in [-0.3, -0.25) is 4.79 Å². The van der Waals surface area contributed by atoms with Gasteiger partial charge in [-0.05, 0) is 54.6 Å². The topological polar surface area (TPSA) is 73.3 Å². The van der Waals surface area contributed by atoms with Crippen molar-refractivity contribution in [2.45, 2.75) is 5.03 Å². The summed E-state index contributed by atoms with van der Waals surface area (Å²) in [6, 6.07) is 14.6. The molecule has 6 nitrogen and oxygen atoms in total. The molecular weight excluding hydrogens is 381 g/mol. The van der Waals surface area contributed by atoms with Crippen LogP contribution in [0.1, 0.15) is 0 Å². The smallest absolute Gasteiger partial charge is 0.234 e. The molecule has 0 atom stereocenters. The average Bonchev–Trinajstić information content (AvgIpc) is 2.74. The SMILES string of the molecule is COc1ccc(OC)c(-c2ccc(SCC(=O)Nc3ccc(F)cc3)nn2)c1. The average molecular weight is 399 g/mol. The van der Waals surface area contributed by atoms with Crippen LogP contribution in [-0.4, -0.2) is 36.1 Å². The molecule has 0 saturated heterocycles. The Bertz CT molecular complexity index is 950. The first-order valence-corrected chi connectivity index (χ1v) is 9.32. The largest absolute Gasteiger partial charge is 0.497 e. The number of rotatable bonds is 7. The Hall–Kier alpha value is -3.13. The Morgan fingerprint density at radius 2 is 1.82 bits per heavy atom. The van der Waals surface area contributed by atoms with Gasteiger partial charge >= 0.3 is 0 Å². The van der Waals surface area contributed by atoms with E-state index in [4.69, 9.17) is 9.47 Å². The zero-order chi connectivity index (χ0) is 19.9. The number of nitrogens with zero attached hydrogens (tertiary/aromatic N) is 2. The Labute approximate surface area is 166 Å². The van der Waals surface area contributed by atoms with Crippen LogP contribution in [0.3, 0.4) is 0 Å². The molecule has 0 radical (unpaired) electrons. The Morgan fingerprint density at radius 1 is 1.04 bits per heavy atom. The van der Waals surface area contributed by atoms with E-state index in [1.54, 1.807) is 32.4 Å². The van der Waals surface area contributed by atoms with E-state index in [0.717, 1.165) is 5.56 Å². The van der Waals surface area contributed by atoms with Gasteiger partial charge in [-0.1, -0.05) is 11.8 Å². The molecule has 0 aliphatic carbocycles. The Morgan fingerprint density at radius 3 is 2.46 bits per heavy atom. The van der Waals surface area contributed by atoms with Gasteiger partial charge < -0.3 is 14.8 Å². The minimum absolute atomic E-state index is 0.161. The van der Waals surface area contributed by atoms with Gasteiger partial charge in [0, 0.05) is 11.3 Å². The molecule has 1 heterocycles. The summed E-state index contributed by atoms with van der Waals surface area (Å²) >= 11 is 1.26. The molecule has 2 aromatic carbocycles. The fourth-order valence-corrected chi connectivity index (χ4v) is 3.04. The molecule has 0 saturated carbocycles. The van der Waals surface area contributed by atoms with Gasteiger partial charge in [-0.2, -0.15) is 0 Å². The van der Waals surface area contributed by atoms with Gasteiger partial charge in [0.1, 0.15) is 22.3 Å². The summed E-state index contributed by atoms with van der Waals surface area (Å²) in [7, 11) is 3.18. The lowest BCUT2D eigenvalue weighted by atomic mass is 10.1. The molecule has 0 spiro atoms. The number of ether oxygens (including phenoxy) is 2. The minimum atomic E-state index is -0.351. The minimum Gasteiger partial charge on any atom is -0.497 e. The second-order valence-electron chi connectivity index (χ2n) is 5.67. The molecule has 3 rings (SSSR count). The predicted octanol–water partition coefficient (Wildman–Crippen LogP) is 4.03. The molecule has 1 amide bonds. The molecule has 1 aromatic heterocycles. The van der Waals surface area contributed by atoms with Crippen molar-refractivity contribution in [1.29, 1.82) is 0 Å². The van der Waals surface area contributed by atoms with E-state index in [2.05, 4.69) is 15.5 Å². The first kappa shape index (κ1) is 19.6. The number of benzene rings is 2. The highest BCUT2D eigenvalue weighted by Gasteiger charge is 2.11. The Kier molecular flexibility index (Phi) is 6.44. The van der Waals surface area contributed by atoms with Crippen molar-refractivity contribution in [3.63, 3.8) is 0 Å². The third kappa shape index (κ3) is 4.98. The standard InChI is InChI=1S/C20H18FN3O3S/c1-26-15-7-9-18(27-2)16(11-15)17-8-10-20(24-23-17)28-12-19(25)22-14-5-3-13(21)4-6-14/h3-11H,12H2,1-2H3,(H,22,25). The van der Waals surface area contributed by atoms with Gasteiger partial charge in [-0.15, -0.1) is 10.2 Å². The highest BCUT2D eigenvalue weighted by Crippen LogP contribution is 2.32. The van der Waals surface area contributed by atoms with Crippen molar-refractivity contribution >= 4 is 23.4 Å². The van der Waals surface area contributed by atoms with E-state index < -0.39 is 0 Å². The lowest BCUT2D eigenvalue weighted by Gasteiger charge is -2.10. The molecule has 8 heteroatoms. The zero-order valence-corrected chi connectivity index (χ0v) is 16.1. The molecule has 0 unspecified atom stereocenters. The monoisotopic (exact) mass is 399 g/mol. The number of anilines is 1. The van der Waals surface area contributed by atoms with Crippen molar-refractivity contribution in [1.82, 2.24) is 10.2 Å². The molecule has 0 aliphatic rings. The van der Waals surface area contributed by atoms with Gasteiger partial charge in [0.15, 0.2) is 0 Å². The van der Waals surface area contributed by atoms with Crippen LogP contribution in [0, 0.1) is 5.82 Å². The summed E-state index contributed by atoms with van der Waals surface area (Å²) in [6.07, 6.45) is 0. The number of halogens is 1. The highest BCUT2D eigenvalue weighted by atomic mass is 32.2. The molecule has 0 aliphatic heterocycles. The van der Waals surface area contributed by atoms with Crippen LogP contribution >= 0.6 is 11.8 Å². The molecule has 0 bridgehead atoms. The van der Waals surface area contributed by atoms with Crippen LogP contribution in [0.25, 0.3) is 11.3 Å². The van der Waals surface area contributed by atoms with E-state index in [1.165, 1.54) is 36.0 Å². The zero-order valence-electron chi connectivity index (χ0n) is 15.3. The third-order valence-corrected chi connectivity index (χ3v) is 4.72. The van der Waals surface area contributed by atoms with Crippen LogP contribution < -0.4 is 14.8 Å². The van der Waals surface area contributed by atoms with Gasteiger partial charge in [-0.25, -0.2) is 4.39 Å². The summed E-state index contributed by atoms with van der Waals surface area (Å²) in [5.41, 5.74) is 1.94. The number of hydrogen-bond donors (Lipinski definition) is 1. The fraction of sp³-hybridized carbons (Fsp3) is 0.150. The number of amides is 1. The van der Waals surface area contributed by atoms with Crippen molar-refractivity contribution < 1.29 is 18.7 Å². The first-order valence-electron chi connectivity index (χ1n) is 8.33. The highest BCUT2D eigenvalue weighted by molar-refractivity contribution is 7.99. The maximum Gasteiger partial charge on any atom is 0.234 e. The van der Waals surface area contributed by atoms with Crippen LogP contribution in [0.2, 0.25) is 0 Å². The van der Waals surface area contributed by atoms with E-state index in [-0.39, 0.29) is 17.5 Å². The van der Waals surface area contributed by atoms with E-state index in [1.807, 2.05) is 12.1 Å². The molecule has 1 N–H and O–H groups in total. The number of carbonyl (C=O) groups is 1. The summed E-state index contributed by atoms with van der Waals surface area (Å²) in [6.45, 7) is 0. The lowest BCUT2D eigenvalue weighted by Crippen LogP contribution is -2.14. The summed E-state index contributed by atoms with van der Waals surface area (Å²) < 4.78 is 23.5. The van der Waals surface area contributed by atoms with E-state index in [9.17, 15) is 9.18 Å². The molecule has 144 valence electrons. The first-order chi connectivity index (χ1) is 13.6. The Balaban J connectivity index is 1.63. The summed E-state index contributed by atoms with van der Waals surface area (Å²) in [4.78, 5) is 12.0. The predicted molar refractivity (Wildman–Crippen MR) is 106 cm³/mol. The molecule has 28 heavy (non-hydrogen) atoms. The maximum absolute atomic E-state index is 12.9. The van der Waals surface area contributed by atoms with Crippen molar-refractivity contribution in [2.75, 3.05) is 25.3 Å².